The molecular weight excluding hydrogens is 190 g/mol. The molecule has 0 spiro atoms. The average molecular weight is 215 g/mol. The summed E-state index contributed by atoms with van der Waals surface area (Å²) in [5, 5.41) is 23.1. The minimum atomic E-state index is -0.684. The Morgan fingerprint density at radius 1 is 1.40 bits per heavy atom. The van der Waals surface area contributed by atoms with Crippen LogP contribution in [0.4, 0.5) is 0 Å². The second-order valence-electron chi connectivity index (χ2n) is 5.41. The Labute approximate surface area is 92.9 Å². The van der Waals surface area contributed by atoms with E-state index in [2.05, 4.69) is 19.2 Å². The molecule has 90 valence electrons. The van der Waals surface area contributed by atoms with Gasteiger partial charge in [0.2, 0.25) is 0 Å². The topological polar surface area (TPSA) is 52.5 Å². The van der Waals surface area contributed by atoms with Crippen LogP contribution in [0, 0.1) is 5.92 Å². The SMILES string of the molecule is CC(C)NC[C@H](O)C[C@](C)(O)C1CCC1. The highest BCUT2D eigenvalue weighted by molar-refractivity contribution is 4.89. The van der Waals surface area contributed by atoms with Gasteiger partial charge in [0.25, 0.3) is 0 Å². The summed E-state index contributed by atoms with van der Waals surface area (Å²) in [6.07, 6.45) is 3.48. The van der Waals surface area contributed by atoms with E-state index in [1.807, 2.05) is 6.92 Å². The van der Waals surface area contributed by atoms with E-state index in [1.54, 1.807) is 0 Å². The summed E-state index contributed by atoms with van der Waals surface area (Å²) in [5.41, 5.74) is -0.684. The van der Waals surface area contributed by atoms with Crippen molar-refractivity contribution < 1.29 is 10.2 Å². The van der Waals surface area contributed by atoms with Crippen molar-refractivity contribution in [3.8, 4) is 0 Å². The smallest absolute Gasteiger partial charge is 0.0692 e. The van der Waals surface area contributed by atoms with Gasteiger partial charge in [0.1, 0.15) is 0 Å². The van der Waals surface area contributed by atoms with Crippen LogP contribution in [0.15, 0.2) is 0 Å². The molecule has 0 unspecified atom stereocenters. The predicted molar refractivity (Wildman–Crippen MR) is 61.7 cm³/mol. The number of aliphatic hydroxyl groups excluding tert-OH is 1. The molecule has 0 saturated heterocycles. The van der Waals surface area contributed by atoms with Gasteiger partial charge in [-0.05, 0) is 25.7 Å². The molecule has 2 atom stereocenters. The number of hydrogen-bond donors (Lipinski definition) is 3. The van der Waals surface area contributed by atoms with Crippen LogP contribution in [-0.2, 0) is 0 Å². The summed E-state index contributed by atoms with van der Waals surface area (Å²) in [5.74, 6) is 0.395. The molecule has 3 heteroatoms. The fraction of sp³-hybridized carbons (Fsp3) is 1.00. The second kappa shape index (κ2) is 5.28. The summed E-state index contributed by atoms with van der Waals surface area (Å²) in [6, 6.07) is 0.383. The van der Waals surface area contributed by atoms with Gasteiger partial charge in [0.15, 0.2) is 0 Å². The van der Waals surface area contributed by atoms with Crippen LogP contribution in [-0.4, -0.2) is 34.5 Å². The van der Waals surface area contributed by atoms with Gasteiger partial charge in [-0.1, -0.05) is 20.3 Å². The van der Waals surface area contributed by atoms with Gasteiger partial charge >= 0.3 is 0 Å². The summed E-state index contributed by atoms with van der Waals surface area (Å²) < 4.78 is 0. The van der Waals surface area contributed by atoms with Crippen LogP contribution in [0.1, 0.15) is 46.5 Å². The number of aliphatic hydroxyl groups is 2. The second-order valence-corrected chi connectivity index (χ2v) is 5.41. The fourth-order valence-corrected chi connectivity index (χ4v) is 2.12. The number of rotatable bonds is 6. The molecule has 1 aliphatic rings. The first-order valence-electron chi connectivity index (χ1n) is 6.05. The lowest BCUT2D eigenvalue weighted by Gasteiger charge is -2.40. The Kier molecular flexibility index (Phi) is 4.56. The van der Waals surface area contributed by atoms with E-state index in [0.29, 0.717) is 24.9 Å². The Morgan fingerprint density at radius 3 is 2.40 bits per heavy atom. The molecule has 0 bridgehead atoms. The predicted octanol–water partition coefficient (Wildman–Crippen LogP) is 1.29. The van der Waals surface area contributed by atoms with Crippen molar-refractivity contribution in [1.82, 2.24) is 5.32 Å². The van der Waals surface area contributed by atoms with Crippen molar-refractivity contribution in [2.45, 2.75) is 64.2 Å². The maximum absolute atomic E-state index is 10.2. The lowest BCUT2D eigenvalue weighted by atomic mass is 9.71. The van der Waals surface area contributed by atoms with Crippen LogP contribution in [0.2, 0.25) is 0 Å². The van der Waals surface area contributed by atoms with Gasteiger partial charge in [-0.3, -0.25) is 0 Å². The van der Waals surface area contributed by atoms with Gasteiger partial charge in [0.05, 0.1) is 11.7 Å². The van der Waals surface area contributed by atoms with Crippen molar-refractivity contribution >= 4 is 0 Å². The molecular formula is C12H25NO2. The van der Waals surface area contributed by atoms with Crippen molar-refractivity contribution in [3.63, 3.8) is 0 Å². The van der Waals surface area contributed by atoms with E-state index in [4.69, 9.17) is 0 Å². The van der Waals surface area contributed by atoms with Crippen molar-refractivity contribution in [1.29, 1.82) is 0 Å². The van der Waals surface area contributed by atoms with E-state index in [0.717, 1.165) is 12.8 Å². The maximum Gasteiger partial charge on any atom is 0.0692 e. The zero-order valence-corrected chi connectivity index (χ0v) is 10.2. The highest BCUT2D eigenvalue weighted by atomic mass is 16.3. The zero-order valence-electron chi connectivity index (χ0n) is 10.2. The summed E-state index contributed by atoms with van der Waals surface area (Å²) in [4.78, 5) is 0. The summed E-state index contributed by atoms with van der Waals surface area (Å²) in [7, 11) is 0. The zero-order chi connectivity index (χ0) is 11.5. The van der Waals surface area contributed by atoms with Crippen molar-refractivity contribution in [3.05, 3.63) is 0 Å². The average Bonchev–Trinajstić information content (AvgIpc) is 1.95. The molecule has 0 aliphatic heterocycles. The van der Waals surface area contributed by atoms with Gasteiger partial charge in [-0.15, -0.1) is 0 Å². The van der Waals surface area contributed by atoms with E-state index in [1.165, 1.54) is 6.42 Å². The van der Waals surface area contributed by atoms with Crippen LogP contribution < -0.4 is 5.32 Å². The first-order valence-corrected chi connectivity index (χ1v) is 6.05. The van der Waals surface area contributed by atoms with Gasteiger partial charge in [-0.25, -0.2) is 0 Å². The van der Waals surface area contributed by atoms with Crippen molar-refractivity contribution in [2.24, 2.45) is 5.92 Å². The molecule has 0 aromatic carbocycles. The summed E-state index contributed by atoms with van der Waals surface area (Å²) in [6.45, 7) is 6.53. The molecule has 15 heavy (non-hydrogen) atoms. The van der Waals surface area contributed by atoms with Gasteiger partial charge in [-0.2, -0.15) is 0 Å². The van der Waals surface area contributed by atoms with E-state index in [-0.39, 0.29) is 0 Å². The van der Waals surface area contributed by atoms with E-state index < -0.39 is 11.7 Å². The third-order valence-corrected chi connectivity index (χ3v) is 3.40. The monoisotopic (exact) mass is 215 g/mol. The molecule has 0 amide bonds. The lowest BCUT2D eigenvalue weighted by molar-refractivity contribution is -0.0668. The Morgan fingerprint density at radius 2 is 2.00 bits per heavy atom. The molecule has 1 fully saturated rings. The third kappa shape index (κ3) is 4.09. The van der Waals surface area contributed by atoms with Crippen LogP contribution in [0.5, 0.6) is 0 Å². The van der Waals surface area contributed by atoms with Crippen LogP contribution >= 0.6 is 0 Å². The van der Waals surface area contributed by atoms with Gasteiger partial charge in [0, 0.05) is 19.0 Å². The molecule has 0 aromatic heterocycles. The quantitative estimate of drug-likeness (QED) is 0.626. The molecule has 0 radical (unpaired) electrons. The highest BCUT2D eigenvalue weighted by Crippen LogP contribution is 2.38. The minimum absolute atomic E-state index is 0.383. The van der Waals surface area contributed by atoms with E-state index in [9.17, 15) is 10.2 Å². The standard InChI is InChI=1S/C12H25NO2/c1-9(2)13-8-11(14)7-12(3,15)10-5-4-6-10/h9-11,13-15H,4-8H2,1-3H3/t11-,12+/m1/s1. The molecule has 3 nitrogen and oxygen atoms in total. The first-order chi connectivity index (χ1) is 6.92. The largest absolute Gasteiger partial charge is 0.392 e. The Balaban J connectivity index is 2.25. The van der Waals surface area contributed by atoms with Gasteiger partial charge < -0.3 is 15.5 Å². The number of hydrogen-bond acceptors (Lipinski definition) is 3. The molecule has 3 N–H and O–H groups in total. The molecule has 0 heterocycles. The third-order valence-electron chi connectivity index (χ3n) is 3.40. The van der Waals surface area contributed by atoms with Crippen LogP contribution in [0.25, 0.3) is 0 Å². The summed E-state index contributed by atoms with van der Waals surface area (Å²) >= 11 is 0. The number of nitrogens with one attached hydrogen (secondary N) is 1. The molecule has 1 aliphatic carbocycles. The van der Waals surface area contributed by atoms with Crippen LogP contribution in [0.3, 0.4) is 0 Å². The Hall–Kier alpha value is -0.120. The molecule has 1 saturated carbocycles. The highest BCUT2D eigenvalue weighted by Gasteiger charge is 2.37. The maximum atomic E-state index is 10.2. The Bertz CT molecular complexity index is 188. The van der Waals surface area contributed by atoms with E-state index >= 15 is 0 Å². The molecule has 0 aromatic rings. The van der Waals surface area contributed by atoms with Crippen molar-refractivity contribution in [2.75, 3.05) is 6.54 Å². The minimum Gasteiger partial charge on any atom is -0.392 e. The normalized spacial score (nSPS) is 23.6. The lowest BCUT2D eigenvalue weighted by Crippen LogP contribution is -2.44. The first kappa shape index (κ1) is 12.9. The molecule has 1 rings (SSSR count). The fourth-order valence-electron chi connectivity index (χ4n) is 2.12.